The predicted molar refractivity (Wildman–Crippen MR) is 55.2 cm³/mol. The van der Waals surface area contributed by atoms with Gasteiger partial charge in [-0.05, 0) is 6.07 Å². The number of aliphatic hydroxyl groups is 1. The third kappa shape index (κ3) is 2.19. The van der Waals surface area contributed by atoms with E-state index in [1.54, 1.807) is 19.9 Å². The van der Waals surface area contributed by atoms with Crippen LogP contribution in [0.25, 0.3) is 0 Å². The number of aromatic nitrogens is 1. The molecule has 1 aromatic rings. The van der Waals surface area contributed by atoms with Gasteiger partial charge in [-0.25, -0.2) is 9.78 Å². The van der Waals surface area contributed by atoms with Crippen molar-refractivity contribution in [2.75, 3.05) is 7.11 Å². The number of pyridine rings is 1. The van der Waals surface area contributed by atoms with Crippen LogP contribution < -0.4 is 0 Å². The van der Waals surface area contributed by atoms with Crippen molar-refractivity contribution in [3.63, 3.8) is 0 Å². The van der Waals surface area contributed by atoms with E-state index in [2.05, 4.69) is 9.72 Å². The Morgan fingerprint density at radius 2 is 2.25 bits per heavy atom. The van der Waals surface area contributed by atoms with Crippen molar-refractivity contribution in [1.82, 2.24) is 4.98 Å². The number of esters is 1. The van der Waals surface area contributed by atoms with Crippen LogP contribution in [-0.2, 0) is 14.9 Å². The maximum atomic E-state index is 13.4. The molecule has 1 aromatic heterocycles. The van der Waals surface area contributed by atoms with E-state index in [9.17, 15) is 14.3 Å². The smallest absolute Gasteiger partial charge is 0.335 e. The Kier molecular flexibility index (Phi) is 3.59. The molecule has 4 nitrogen and oxygen atoms in total. The van der Waals surface area contributed by atoms with Gasteiger partial charge in [0.15, 0.2) is 6.10 Å². The maximum Gasteiger partial charge on any atom is 0.335 e. The fraction of sp³-hybridized carbons (Fsp3) is 0.455. The molecule has 0 radical (unpaired) electrons. The van der Waals surface area contributed by atoms with Crippen molar-refractivity contribution in [3.8, 4) is 0 Å². The molecule has 16 heavy (non-hydrogen) atoms. The summed E-state index contributed by atoms with van der Waals surface area (Å²) in [6.45, 7) is 3.10. The lowest BCUT2D eigenvalue weighted by molar-refractivity contribution is -0.153. The van der Waals surface area contributed by atoms with Crippen LogP contribution in [-0.4, -0.2) is 29.3 Å². The first kappa shape index (κ1) is 12.6. The lowest BCUT2D eigenvalue weighted by atomic mass is 9.80. The molecule has 1 atom stereocenters. The number of carbonyl (C=O) groups is 1. The number of carbonyl (C=O) groups excluding carboxylic acids is 1. The summed E-state index contributed by atoms with van der Waals surface area (Å²) in [4.78, 5) is 14.7. The van der Waals surface area contributed by atoms with Gasteiger partial charge in [0.25, 0.3) is 0 Å². The normalized spacial score (nSPS) is 13.3. The Labute approximate surface area is 93.1 Å². The molecule has 0 aliphatic heterocycles. The lowest BCUT2D eigenvalue weighted by Gasteiger charge is -2.28. The van der Waals surface area contributed by atoms with Crippen molar-refractivity contribution in [3.05, 3.63) is 29.8 Å². The molecule has 5 heteroatoms. The average Bonchev–Trinajstić information content (AvgIpc) is 2.27. The second-order valence-electron chi connectivity index (χ2n) is 3.99. The molecule has 0 fully saturated rings. The minimum atomic E-state index is -1.43. The van der Waals surface area contributed by atoms with Crippen LogP contribution in [0.15, 0.2) is 18.3 Å². The molecule has 0 saturated heterocycles. The Morgan fingerprint density at radius 3 is 2.75 bits per heavy atom. The second kappa shape index (κ2) is 4.57. The standard InChI is InChI=1S/C11H14FNO3/c1-11(2,8(14)10(15)16-3)7-5-4-6-13-9(7)12/h4-6,8,14H,1-3H3. The van der Waals surface area contributed by atoms with E-state index in [0.29, 0.717) is 0 Å². The van der Waals surface area contributed by atoms with Crippen LogP contribution in [0.4, 0.5) is 4.39 Å². The Balaban J connectivity index is 3.11. The number of methoxy groups -OCH3 is 1. The summed E-state index contributed by atoms with van der Waals surface area (Å²) in [5.74, 6) is -1.50. The zero-order valence-electron chi connectivity index (χ0n) is 9.40. The van der Waals surface area contributed by atoms with Gasteiger partial charge in [0.1, 0.15) is 0 Å². The van der Waals surface area contributed by atoms with E-state index in [1.165, 1.54) is 19.4 Å². The van der Waals surface area contributed by atoms with Gasteiger partial charge >= 0.3 is 5.97 Å². The van der Waals surface area contributed by atoms with Crippen LogP contribution in [0.3, 0.4) is 0 Å². The summed E-state index contributed by atoms with van der Waals surface area (Å²) in [7, 11) is 1.17. The Morgan fingerprint density at radius 1 is 1.62 bits per heavy atom. The topological polar surface area (TPSA) is 59.4 Å². The number of halogens is 1. The number of aliphatic hydroxyl groups excluding tert-OH is 1. The monoisotopic (exact) mass is 227 g/mol. The first-order chi connectivity index (χ1) is 7.41. The van der Waals surface area contributed by atoms with E-state index >= 15 is 0 Å². The van der Waals surface area contributed by atoms with E-state index in [0.717, 1.165) is 0 Å². The van der Waals surface area contributed by atoms with Gasteiger partial charge in [-0.15, -0.1) is 0 Å². The third-order valence-corrected chi connectivity index (χ3v) is 2.56. The van der Waals surface area contributed by atoms with E-state index < -0.39 is 23.4 Å². The molecule has 0 aliphatic carbocycles. The van der Waals surface area contributed by atoms with Gasteiger partial charge in [0, 0.05) is 17.2 Å². The van der Waals surface area contributed by atoms with Gasteiger partial charge in [0.2, 0.25) is 5.95 Å². The largest absolute Gasteiger partial charge is 0.467 e. The van der Waals surface area contributed by atoms with E-state index in [1.807, 2.05) is 0 Å². The maximum absolute atomic E-state index is 13.4. The molecular weight excluding hydrogens is 213 g/mol. The highest BCUT2D eigenvalue weighted by Crippen LogP contribution is 2.28. The first-order valence-corrected chi connectivity index (χ1v) is 4.78. The molecule has 0 bridgehead atoms. The number of hydrogen-bond donors (Lipinski definition) is 1. The molecule has 1 rings (SSSR count). The quantitative estimate of drug-likeness (QED) is 0.619. The van der Waals surface area contributed by atoms with Gasteiger partial charge in [0.05, 0.1) is 7.11 Å². The van der Waals surface area contributed by atoms with Crippen LogP contribution in [0.1, 0.15) is 19.4 Å². The average molecular weight is 227 g/mol. The first-order valence-electron chi connectivity index (χ1n) is 4.78. The molecule has 0 aromatic carbocycles. The summed E-state index contributed by atoms with van der Waals surface area (Å²) in [5, 5.41) is 9.75. The fourth-order valence-electron chi connectivity index (χ4n) is 1.42. The number of rotatable bonds is 3. The molecule has 0 aliphatic rings. The summed E-state index contributed by atoms with van der Waals surface area (Å²) >= 11 is 0. The Bertz CT molecular complexity index is 393. The van der Waals surface area contributed by atoms with Gasteiger partial charge in [-0.2, -0.15) is 4.39 Å². The van der Waals surface area contributed by atoms with Crippen LogP contribution in [0.5, 0.6) is 0 Å². The highest BCUT2D eigenvalue weighted by Gasteiger charge is 2.38. The molecule has 1 heterocycles. The minimum Gasteiger partial charge on any atom is -0.467 e. The molecule has 88 valence electrons. The minimum absolute atomic E-state index is 0.174. The Hall–Kier alpha value is -1.49. The summed E-state index contributed by atoms with van der Waals surface area (Å²) in [5.41, 5.74) is -0.918. The molecule has 1 N–H and O–H groups in total. The van der Waals surface area contributed by atoms with E-state index in [-0.39, 0.29) is 5.56 Å². The van der Waals surface area contributed by atoms with Crippen LogP contribution in [0, 0.1) is 5.95 Å². The number of ether oxygens (including phenoxy) is 1. The zero-order valence-corrected chi connectivity index (χ0v) is 9.40. The van der Waals surface area contributed by atoms with Gasteiger partial charge in [-0.1, -0.05) is 19.9 Å². The zero-order chi connectivity index (χ0) is 12.3. The fourth-order valence-corrected chi connectivity index (χ4v) is 1.42. The SMILES string of the molecule is COC(=O)C(O)C(C)(C)c1cccnc1F. The molecular formula is C11H14FNO3. The number of hydrogen-bond acceptors (Lipinski definition) is 4. The van der Waals surface area contributed by atoms with Crippen molar-refractivity contribution < 1.29 is 19.0 Å². The van der Waals surface area contributed by atoms with E-state index in [4.69, 9.17) is 0 Å². The molecule has 0 saturated carbocycles. The van der Waals surface area contributed by atoms with Gasteiger partial charge < -0.3 is 9.84 Å². The molecule has 0 amide bonds. The lowest BCUT2D eigenvalue weighted by Crippen LogP contribution is -2.41. The van der Waals surface area contributed by atoms with Crippen molar-refractivity contribution in [1.29, 1.82) is 0 Å². The summed E-state index contributed by atoms with van der Waals surface area (Å²) < 4.78 is 17.9. The van der Waals surface area contributed by atoms with Crippen molar-refractivity contribution >= 4 is 5.97 Å². The van der Waals surface area contributed by atoms with Crippen LogP contribution in [0.2, 0.25) is 0 Å². The highest BCUT2D eigenvalue weighted by molar-refractivity contribution is 5.76. The predicted octanol–water partition coefficient (Wildman–Crippen LogP) is 1.03. The number of nitrogens with zero attached hydrogens (tertiary/aromatic N) is 1. The third-order valence-electron chi connectivity index (χ3n) is 2.56. The summed E-state index contributed by atoms with van der Waals surface area (Å²) in [6.07, 6.45) is -0.129. The van der Waals surface area contributed by atoms with Gasteiger partial charge in [-0.3, -0.25) is 0 Å². The van der Waals surface area contributed by atoms with Crippen molar-refractivity contribution in [2.24, 2.45) is 0 Å². The second-order valence-corrected chi connectivity index (χ2v) is 3.99. The summed E-state index contributed by atoms with van der Waals surface area (Å²) in [6, 6.07) is 3.03. The van der Waals surface area contributed by atoms with Crippen LogP contribution >= 0.6 is 0 Å². The highest BCUT2D eigenvalue weighted by atomic mass is 19.1. The molecule has 0 spiro atoms. The molecule has 1 unspecified atom stereocenters. The van der Waals surface area contributed by atoms with Crippen molar-refractivity contribution in [2.45, 2.75) is 25.4 Å².